The Hall–Kier alpha value is -0.510. The molecule has 76 valence electrons. The molecule has 0 amide bonds. The first-order valence-corrected chi connectivity index (χ1v) is 4.82. The van der Waals surface area contributed by atoms with Crippen LogP contribution in [0.4, 0.5) is 0 Å². The van der Waals surface area contributed by atoms with Crippen molar-refractivity contribution in [3.05, 3.63) is 27.0 Å². The predicted molar refractivity (Wildman–Crippen MR) is 57.9 cm³/mol. The highest BCUT2D eigenvalue weighted by atomic mass is 35.5. The zero-order valence-electron chi connectivity index (χ0n) is 7.48. The Morgan fingerprint density at radius 2 is 1.93 bits per heavy atom. The van der Waals surface area contributed by atoms with Crippen LogP contribution in [0.5, 0.6) is 0 Å². The highest BCUT2D eigenvalue weighted by Crippen LogP contribution is 2.28. The van der Waals surface area contributed by atoms with Crippen LogP contribution in [-0.4, -0.2) is 15.4 Å². The van der Waals surface area contributed by atoms with E-state index in [1.54, 1.807) is 13.8 Å². The first-order chi connectivity index (χ1) is 6.49. The molecular formula is C8H7Cl3N2O. The number of rotatable bonds is 1. The summed E-state index contributed by atoms with van der Waals surface area (Å²) in [6.45, 7) is 3.46. The van der Waals surface area contributed by atoms with Crippen molar-refractivity contribution in [2.45, 2.75) is 13.8 Å². The molecule has 0 atom stereocenters. The maximum Gasteiger partial charge on any atom is 0.178 e. The van der Waals surface area contributed by atoms with Crippen LogP contribution in [0, 0.1) is 13.8 Å². The van der Waals surface area contributed by atoms with Gasteiger partial charge in [-0.05, 0) is 19.4 Å². The zero-order chi connectivity index (χ0) is 10.9. The summed E-state index contributed by atoms with van der Waals surface area (Å²) in [5.74, 6) is 0. The Balaban J connectivity index is 3.52. The van der Waals surface area contributed by atoms with E-state index in [1.807, 2.05) is 0 Å². The lowest BCUT2D eigenvalue weighted by atomic mass is 10.1. The van der Waals surface area contributed by atoms with Crippen molar-refractivity contribution in [3.8, 4) is 0 Å². The van der Waals surface area contributed by atoms with Crippen molar-refractivity contribution < 1.29 is 5.21 Å². The molecule has 1 heterocycles. The molecule has 1 rings (SSSR count). The lowest BCUT2D eigenvalue weighted by Gasteiger charge is -2.08. The van der Waals surface area contributed by atoms with Crippen LogP contribution in [0.15, 0.2) is 5.16 Å². The third kappa shape index (κ3) is 1.95. The maximum atomic E-state index is 8.52. The number of hydrogen-bond donors (Lipinski definition) is 1. The molecule has 0 aromatic carbocycles. The van der Waals surface area contributed by atoms with Crippen LogP contribution < -0.4 is 0 Å². The SMILES string of the molecule is Cc1nc(Cl)c(/C(Cl)=N\O)c(C)c1Cl. The molecule has 0 spiro atoms. The van der Waals surface area contributed by atoms with E-state index in [9.17, 15) is 0 Å². The largest absolute Gasteiger partial charge is 0.410 e. The second kappa shape index (κ2) is 4.34. The van der Waals surface area contributed by atoms with Crippen molar-refractivity contribution in [3.63, 3.8) is 0 Å². The van der Waals surface area contributed by atoms with Gasteiger partial charge in [0.25, 0.3) is 0 Å². The second-order valence-electron chi connectivity index (χ2n) is 2.69. The number of pyridine rings is 1. The quantitative estimate of drug-likeness (QED) is 0.361. The normalized spacial score (nSPS) is 11.9. The molecule has 0 saturated carbocycles. The van der Waals surface area contributed by atoms with Crippen molar-refractivity contribution in [1.82, 2.24) is 4.98 Å². The van der Waals surface area contributed by atoms with Crippen LogP contribution in [0.3, 0.4) is 0 Å². The lowest BCUT2D eigenvalue weighted by molar-refractivity contribution is 0.321. The fourth-order valence-corrected chi connectivity index (χ4v) is 1.85. The lowest BCUT2D eigenvalue weighted by Crippen LogP contribution is -2.01. The number of aromatic nitrogens is 1. The number of halogens is 3. The van der Waals surface area contributed by atoms with Gasteiger partial charge in [0.2, 0.25) is 0 Å². The van der Waals surface area contributed by atoms with Crippen LogP contribution in [0.2, 0.25) is 10.2 Å². The standard InChI is InChI=1S/C8H7Cl3N2O/c1-3-5(8(11)13-14)7(10)12-4(2)6(3)9/h14H,1-2H3/b13-8+. The molecule has 0 aliphatic carbocycles. The fourth-order valence-electron chi connectivity index (χ4n) is 1.08. The van der Waals surface area contributed by atoms with Gasteiger partial charge in [0, 0.05) is 0 Å². The summed E-state index contributed by atoms with van der Waals surface area (Å²) in [5, 5.41) is 11.9. The number of hydrogen-bond acceptors (Lipinski definition) is 3. The molecule has 0 bridgehead atoms. The van der Waals surface area contributed by atoms with E-state index in [1.165, 1.54) is 0 Å². The Bertz CT molecular complexity index is 404. The average Bonchev–Trinajstić information content (AvgIpc) is 2.14. The van der Waals surface area contributed by atoms with E-state index < -0.39 is 0 Å². The van der Waals surface area contributed by atoms with Gasteiger partial charge in [-0.2, -0.15) is 0 Å². The van der Waals surface area contributed by atoms with Gasteiger partial charge in [0.1, 0.15) is 5.15 Å². The maximum absolute atomic E-state index is 8.52. The Kier molecular flexibility index (Phi) is 3.59. The van der Waals surface area contributed by atoms with Crippen molar-refractivity contribution >= 4 is 40.0 Å². The number of nitrogens with zero attached hydrogens (tertiary/aromatic N) is 2. The van der Waals surface area contributed by atoms with Gasteiger partial charge in [-0.25, -0.2) is 4.98 Å². The molecule has 14 heavy (non-hydrogen) atoms. The van der Waals surface area contributed by atoms with E-state index in [2.05, 4.69) is 10.1 Å². The molecule has 0 aliphatic heterocycles. The summed E-state index contributed by atoms with van der Waals surface area (Å²) in [6, 6.07) is 0. The van der Waals surface area contributed by atoms with E-state index in [0.29, 0.717) is 21.8 Å². The summed E-state index contributed by atoms with van der Waals surface area (Å²) < 4.78 is 0. The van der Waals surface area contributed by atoms with Gasteiger partial charge in [-0.3, -0.25) is 0 Å². The predicted octanol–water partition coefficient (Wildman–Crippen LogP) is 3.38. The van der Waals surface area contributed by atoms with Crippen LogP contribution in [0.1, 0.15) is 16.8 Å². The minimum absolute atomic E-state index is 0.123. The number of oxime groups is 1. The van der Waals surface area contributed by atoms with Crippen molar-refractivity contribution in [2.75, 3.05) is 0 Å². The Morgan fingerprint density at radius 3 is 2.43 bits per heavy atom. The van der Waals surface area contributed by atoms with E-state index >= 15 is 0 Å². The minimum Gasteiger partial charge on any atom is -0.410 e. The van der Waals surface area contributed by atoms with Gasteiger partial charge in [-0.15, -0.1) is 0 Å². The molecule has 0 saturated heterocycles. The Morgan fingerprint density at radius 1 is 1.36 bits per heavy atom. The van der Waals surface area contributed by atoms with Crippen molar-refractivity contribution in [2.24, 2.45) is 5.16 Å². The summed E-state index contributed by atoms with van der Waals surface area (Å²) in [5.41, 5.74) is 1.61. The second-order valence-corrected chi connectivity index (χ2v) is 3.79. The third-order valence-electron chi connectivity index (χ3n) is 1.79. The molecule has 0 radical (unpaired) electrons. The average molecular weight is 254 g/mol. The molecule has 0 aliphatic rings. The smallest absolute Gasteiger partial charge is 0.178 e. The van der Waals surface area contributed by atoms with Gasteiger partial charge >= 0.3 is 0 Å². The molecule has 1 aromatic heterocycles. The monoisotopic (exact) mass is 252 g/mol. The van der Waals surface area contributed by atoms with Crippen LogP contribution >= 0.6 is 34.8 Å². The summed E-state index contributed by atoms with van der Waals surface area (Å²) in [6.07, 6.45) is 0. The van der Waals surface area contributed by atoms with Crippen molar-refractivity contribution in [1.29, 1.82) is 0 Å². The topological polar surface area (TPSA) is 45.5 Å². The molecular weight excluding hydrogens is 246 g/mol. The van der Waals surface area contributed by atoms with Crippen LogP contribution in [0.25, 0.3) is 0 Å². The molecule has 0 fully saturated rings. The van der Waals surface area contributed by atoms with Gasteiger partial charge < -0.3 is 5.21 Å². The number of aryl methyl sites for hydroxylation is 1. The summed E-state index contributed by atoms with van der Waals surface area (Å²) in [4.78, 5) is 3.96. The first kappa shape index (κ1) is 11.6. The zero-order valence-corrected chi connectivity index (χ0v) is 9.74. The molecule has 1 N–H and O–H groups in total. The van der Waals surface area contributed by atoms with E-state index in [-0.39, 0.29) is 10.3 Å². The van der Waals surface area contributed by atoms with Gasteiger partial charge in [0.05, 0.1) is 16.3 Å². The molecule has 3 nitrogen and oxygen atoms in total. The highest BCUT2D eigenvalue weighted by Gasteiger charge is 2.16. The van der Waals surface area contributed by atoms with Crippen LogP contribution in [-0.2, 0) is 0 Å². The summed E-state index contributed by atoms with van der Waals surface area (Å²) >= 11 is 17.4. The minimum atomic E-state index is -0.123. The highest BCUT2D eigenvalue weighted by molar-refractivity contribution is 6.70. The van der Waals surface area contributed by atoms with E-state index in [0.717, 1.165) is 0 Å². The molecule has 0 unspecified atom stereocenters. The fraction of sp³-hybridized carbons (Fsp3) is 0.250. The first-order valence-electron chi connectivity index (χ1n) is 3.69. The van der Waals surface area contributed by atoms with Gasteiger partial charge in [0.15, 0.2) is 5.17 Å². The summed E-state index contributed by atoms with van der Waals surface area (Å²) in [7, 11) is 0. The Labute approximate surface area is 96.3 Å². The molecule has 6 heteroatoms. The van der Waals surface area contributed by atoms with E-state index in [4.69, 9.17) is 40.0 Å². The van der Waals surface area contributed by atoms with Gasteiger partial charge in [-0.1, -0.05) is 40.0 Å². The molecule has 1 aromatic rings. The third-order valence-corrected chi connectivity index (χ3v) is 2.88.